The van der Waals surface area contributed by atoms with E-state index in [2.05, 4.69) is 10.3 Å². The first-order valence-electron chi connectivity index (χ1n) is 3.33. The smallest absolute Gasteiger partial charge is 0.314 e. The lowest BCUT2D eigenvalue weighted by molar-refractivity contribution is -0.134. The quantitative estimate of drug-likeness (QED) is 0.499. The molecule has 0 aliphatic rings. The second-order valence-electron chi connectivity index (χ2n) is 2.16. The van der Waals surface area contributed by atoms with Crippen LogP contribution in [-0.4, -0.2) is 16.8 Å². The van der Waals surface area contributed by atoms with Crippen LogP contribution in [-0.2, 0) is 9.59 Å². The monoisotopic (exact) mass is 199 g/mol. The zero-order chi connectivity index (χ0) is 9.84. The van der Waals surface area contributed by atoms with E-state index in [4.69, 9.17) is 17.3 Å². The highest BCUT2D eigenvalue weighted by atomic mass is 35.5. The molecule has 5 nitrogen and oxygen atoms in total. The standard InChI is InChI=1S/C7H6ClN3O2/c8-4-2-1-3-5(10-4)11-7(13)6(9)12/h1-3H,(H2,9,12)(H,10,11,13). The van der Waals surface area contributed by atoms with Crippen LogP contribution in [0.3, 0.4) is 0 Å². The highest BCUT2D eigenvalue weighted by molar-refractivity contribution is 6.39. The van der Waals surface area contributed by atoms with Crippen molar-refractivity contribution >= 4 is 29.2 Å². The molecular formula is C7H6ClN3O2. The molecule has 0 aliphatic carbocycles. The topological polar surface area (TPSA) is 85.1 Å². The Balaban J connectivity index is 2.75. The van der Waals surface area contributed by atoms with Gasteiger partial charge in [-0.15, -0.1) is 0 Å². The van der Waals surface area contributed by atoms with Crippen LogP contribution in [0.25, 0.3) is 0 Å². The molecule has 1 aromatic heterocycles. The van der Waals surface area contributed by atoms with Crippen molar-refractivity contribution in [3.8, 4) is 0 Å². The number of carbonyl (C=O) groups is 2. The van der Waals surface area contributed by atoms with E-state index in [0.717, 1.165) is 0 Å². The third-order valence-electron chi connectivity index (χ3n) is 1.18. The Morgan fingerprint density at radius 1 is 1.46 bits per heavy atom. The average Bonchev–Trinajstić information content (AvgIpc) is 2.04. The van der Waals surface area contributed by atoms with Gasteiger partial charge in [-0.05, 0) is 12.1 Å². The van der Waals surface area contributed by atoms with Gasteiger partial charge in [0, 0.05) is 0 Å². The molecule has 6 heteroatoms. The van der Waals surface area contributed by atoms with Gasteiger partial charge < -0.3 is 11.1 Å². The fraction of sp³-hybridized carbons (Fsp3) is 0. The average molecular weight is 200 g/mol. The van der Waals surface area contributed by atoms with E-state index < -0.39 is 11.8 Å². The minimum atomic E-state index is -1.07. The summed E-state index contributed by atoms with van der Waals surface area (Å²) in [5.41, 5.74) is 4.71. The van der Waals surface area contributed by atoms with Gasteiger partial charge in [-0.2, -0.15) is 0 Å². The van der Waals surface area contributed by atoms with Crippen LogP contribution in [0.15, 0.2) is 18.2 Å². The molecule has 0 unspecified atom stereocenters. The van der Waals surface area contributed by atoms with Gasteiger partial charge in [0.15, 0.2) is 0 Å². The molecule has 1 rings (SSSR count). The van der Waals surface area contributed by atoms with Crippen LogP contribution in [0.1, 0.15) is 0 Å². The Bertz CT molecular complexity index is 353. The maximum absolute atomic E-state index is 10.8. The summed E-state index contributed by atoms with van der Waals surface area (Å²) in [6, 6.07) is 4.63. The highest BCUT2D eigenvalue weighted by Gasteiger charge is 2.08. The Hall–Kier alpha value is -1.62. The molecule has 13 heavy (non-hydrogen) atoms. The summed E-state index contributed by atoms with van der Waals surface area (Å²) in [6.07, 6.45) is 0. The Labute approximate surface area is 78.9 Å². The van der Waals surface area contributed by atoms with Crippen molar-refractivity contribution in [2.75, 3.05) is 5.32 Å². The van der Waals surface area contributed by atoms with E-state index in [1.165, 1.54) is 6.07 Å². The number of nitrogens with one attached hydrogen (secondary N) is 1. The SMILES string of the molecule is NC(=O)C(=O)Nc1cccc(Cl)n1. The van der Waals surface area contributed by atoms with Crippen LogP contribution >= 0.6 is 11.6 Å². The van der Waals surface area contributed by atoms with E-state index in [9.17, 15) is 9.59 Å². The van der Waals surface area contributed by atoms with Crippen molar-refractivity contribution in [1.29, 1.82) is 0 Å². The van der Waals surface area contributed by atoms with Gasteiger partial charge in [0.1, 0.15) is 11.0 Å². The fourth-order valence-electron chi connectivity index (χ4n) is 0.656. The number of pyridine rings is 1. The first-order valence-corrected chi connectivity index (χ1v) is 3.71. The number of rotatable bonds is 1. The molecular weight excluding hydrogens is 194 g/mol. The Morgan fingerprint density at radius 3 is 2.69 bits per heavy atom. The molecule has 0 aliphatic heterocycles. The number of anilines is 1. The largest absolute Gasteiger partial charge is 0.361 e. The minimum Gasteiger partial charge on any atom is -0.361 e. The number of nitrogens with zero attached hydrogens (tertiary/aromatic N) is 1. The second kappa shape index (κ2) is 3.86. The number of primary amides is 1. The summed E-state index contributed by atoms with van der Waals surface area (Å²) in [6.45, 7) is 0. The van der Waals surface area contributed by atoms with Crippen LogP contribution < -0.4 is 11.1 Å². The second-order valence-corrected chi connectivity index (χ2v) is 2.55. The summed E-state index contributed by atoms with van der Waals surface area (Å²) in [5.74, 6) is -1.80. The lowest BCUT2D eigenvalue weighted by Gasteiger charge is -2.00. The third kappa shape index (κ3) is 2.72. The lowest BCUT2D eigenvalue weighted by Crippen LogP contribution is -2.29. The molecule has 2 amide bonds. The molecule has 3 N–H and O–H groups in total. The molecule has 0 aromatic carbocycles. The molecule has 0 radical (unpaired) electrons. The predicted octanol–water partition coefficient (Wildman–Crippen LogP) is 0.159. The van der Waals surface area contributed by atoms with Gasteiger partial charge in [-0.25, -0.2) is 4.98 Å². The highest BCUT2D eigenvalue weighted by Crippen LogP contribution is 2.08. The fourth-order valence-corrected chi connectivity index (χ4v) is 0.820. The first-order chi connectivity index (χ1) is 6.09. The van der Waals surface area contributed by atoms with Gasteiger partial charge in [-0.3, -0.25) is 9.59 Å². The number of halogens is 1. The molecule has 1 aromatic rings. The zero-order valence-electron chi connectivity index (χ0n) is 6.45. The third-order valence-corrected chi connectivity index (χ3v) is 1.39. The summed E-state index contributed by atoms with van der Waals surface area (Å²) in [7, 11) is 0. The first kappa shape index (κ1) is 9.47. The van der Waals surface area contributed by atoms with Gasteiger partial charge in [0.05, 0.1) is 0 Å². The Morgan fingerprint density at radius 2 is 2.15 bits per heavy atom. The molecule has 0 fully saturated rings. The normalized spacial score (nSPS) is 9.31. The van der Waals surface area contributed by atoms with E-state index in [1.807, 2.05) is 0 Å². The van der Waals surface area contributed by atoms with Gasteiger partial charge >= 0.3 is 11.8 Å². The van der Waals surface area contributed by atoms with E-state index >= 15 is 0 Å². The number of aromatic nitrogens is 1. The van der Waals surface area contributed by atoms with Crippen molar-refractivity contribution in [2.24, 2.45) is 5.73 Å². The molecule has 68 valence electrons. The summed E-state index contributed by atoms with van der Waals surface area (Å²) in [5, 5.41) is 2.40. The van der Waals surface area contributed by atoms with Crippen molar-refractivity contribution in [3.63, 3.8) is 0 Å². The molecule has 0 atom stereocenters. The molecule has 0 bridgehead atoms. The maximum Gasteiger partial charge on any atom is 0.314 e. The number of amides is 2. The van der Waals surface area contributed by atoms with Crippen molar-refractivity contribution in [1.82, 2.24) is 4.98 Å². The van der Waals surface area contributed by atoms with Crippen LogP contribution in [0.2, 0.25) is 5.15 Å². The van der Waals surface area contributed by atoms with Gasteiger partial charge in [0.2, 0.25) is 0 Å². The van der Waals surface area contributed by atoms with Crippen molar-refractivity contribution < 1.29 is 9.59 Å². The van der Waals surface area contributed by atoms with Crippen molar-refractivity contribution in [2.45, 2.75) is 0 Å². The lowest BCUT2D eigenvalue weighted by atomic mass is 10.4. The summed E-state index contributed by atoms with van der Waals surface area (Å²) < 4.78 is 0. The van der Waals surface area contributed by atoms with Crippen LogP contribution in [0.4, 0.5) is 5.82 Å². The van der Waals surface area contributed by atoms with Crippen molar-refractivity contribution in [3.05, 3.63) is 23.4 Å². The number of carbonyl (C=O) groups excluding carboxylic acids is 2. The van der Waals surface area contributed by atoms with Gasteiger partial charge in [0.25, 0.3) is 0 Å². The maximum atomic E-state index is 10.8. The predicted molar refractivity (Wildman–Crippen MR) is 47.1 cm³/mol. The summed E-state index contributed by atoms with van der Waals surface area (Å²) >= 11 is 5.53. The Kier molecular flexibility index (Phi) is 2.81. The number of nitrogens with two attached hydrogens (primary N) is 1. The van der Waals surface area contributed by atoms with E-state index in [0.29, 0.717) is 0 Å². The zero-order valence-corrected chi connectivity index (χ0v) is 7.21. The van der Waals surface area contributed by atoms with Gasteiger partial charge in [-0.1, -0.05) is 17.7 Å². The van der Waals surface area contributed by atoms with Crippen LogP contribution in [0, 0.1) is 0 Å². The van der Waals surface area contributed by atoms with Crippen LogP contribution in [0.5, 0.6) is 0 Å². The molecule has 0 spiro atoms. The minimum absolute atomic E-state index is 0.191. The molecule has 0 saturated heterocycles. The summed E-state index contributed by atoms with van der Waals surface area (Å²) in [4.78, 5) is 24.8. The number of hydrogen-bond donors (Lipinski definition) is 2. The van der Waals surface area contributed by atoms with E-state index in [-0.39, 0.29) is 11.0 Å². The molecule has 0 saturated carbocycles. The molecule has 1 heterocycles. The van der Waals surface area contributed by atoms with E-state index in [1.54, 1.807) is 12.1 Å². The number of hydrogen-bond acceptors (Lipinski definition) is 3.